The van der Waals surface area contributed by atoms with Gasteiger partial charge in [-0.05, 0) is 76.5 Å². The van der Waals surface area contributed by atoms with E-state index >= 15 is 0 Å². The number of nitrogens with one attached hydrogen (secondary N) is 2. The fourth-order valence-corrected chi connectivity index (χ4v) is 5.51. The first kappa shape index (κ1) is 20.3. The van der Waals surface area contributed by atoms with E-state index in [9.17, 15) is 9.90 Å². The van der Waals surface area contributed by atoms with Gasteiger partial charge in [0.25, 0.3) is 0 Å². The van der Waals surface area contributed by atoms with Crippen molar-refractivity contribution in [3.05, 3.63) is 42.0 Å². The molecule has 0 radical (unpaired) electrons. The van der Waals surface area contributed by atoms with Crippen molar-refractivity contribution in [3.63, 3.8) is 0 Å². The number of aromatic amines is 1. The minimum atomic E-state index is -0.641. The van der Waals surface area contributed by atoms with Crippen LogP contribution in [0.2, 0.25) is 0 Å². The van der Waals surface area contributed by atoms with E-state index in [1.54, 1.807) is 6.20 Å². The zero-order valence-electron chi connectivity index (χ0n) is 18.8. The lowest BCUT2D eigenvalue weighted by Crippen LogP contribution is -2.48. The van der Waals surface area contributed by atoms with Crippen molar-refractivity contribution in [2.75, 3.05) is 5.32 Å². The van der Waals surface area contributed by atoms with E-state index in [1.807, 2.05) is 31.2 Å². The van der Waals surface area contributed by atoms with Crippen molar-refractivity contribution in [3.8, 4) is 22.8 Å². The first-order valence-corrected chi connectivity index (χ1v) is 11.8. The largest absolute Gasteiger partial charge is 0.481 e. The Balaban J connectivity index is 1.42. The van der Waals surface area contributed by atoms with Gasteiger partial charge >= 0.3 is 5.97 Å². The lowest BCUT2D eigenvalue weighted by atomic mass is 9.53. The van der Waals surface area contributed by atoms with Crippen LogP contribution in [0.15, 0.2) is 30.5 Å². The maximum atomic E-state index is 11.9. The summed E-state index contributed by atoms with van der Waals surface area (Å²) in [5.41, 5.74) is 3.50. The van der Waals surface area contributed by atoms with Crippen molar-refractivity contribution in [1.29, 1.82) is 0 Å². The summed E-state index contributed by atoms with van der Waals surface area (Å²) >= 11 is 0. The standard InChI is InChI=1S/C25H28N6O2/c1-15-3-2-4-17(27-15)19-20(18-7-14-26-23(29-18)28-16-5-6-16)31-21(30-19)24-8-11-25(12-9-24,13-10-24)22(32)33/h2-4,7,14,16H,5-6,8-13H2,1H3,(H,30,31)(H,32,33)(H,26,28,29). The van der Waals surface area contributed by atoms with E-state index in [2.05, 4.69) is 15.3 Å². The van der Waals surface area contributed by atoms with Crippen molar-refractivity contribution in [2.45, 2.75) is 69.7 Å². The number of aryl methyl sites for hydroxylation is 1. The van der Waals surface area contributed by atoms with E-state index in [1.165, 1.54) is 0 Å². The minimum absolute atomic E-state index is 0.115. The van der Waals surface area contributed by atoms with Gasteiger partial charge in [0, 0.05) is 23.3 Å². The number of nitrogens with zero attached hydrogens (tertiary/aromatic N) is 4. The lowest BCUT2D eigenvalue weighted by Gasteiger charge is -2.50. The van der Waals surface area contributed by atoms with Crippen LogP contribution in [0.3, 0.4) is 0 Å². The monoisotopic (exact) mass is 444 g/mol. The third kappa shape index (κ3) is 3.48. The summed E-state index contributed by atoms with van der Waals surface area (Å²) in [5.74, 6) is 0.927. The normalized spacial score (nSPS) is 26.3. The molecule has 0 saturated heterocycles. The van der Waals surface area contributed by atoms with Crippen LogP contribution in [-0.2, 0) is 10.2 Å². The van der Waals surface area contributed by atoms with Crippen LogP contribution < -0.4 is 5.32 Å². The molecule has 3 aromatic rings. The highest BCUT2D eigenvalue weighted by molar-refractivity contribution is 5.76. The van der Waals surface area contributed by atoms with Crippen LogP contribution in [0.1, 0.15) is 62.9 Å². The zero-order chi connectivity index (χ0) is 22.6. The Morgan fingerprint density at radius 1 is 1.03 bits per heavy atom. The third-order valence-corrected chi connectivity index (χ3v) is 7.86. The number of carboxylic acid groups (broad SMARTS) is 1. The van der Waals surface area contributed by atoms with Gasteiger partial charge in [-0.25, -0.2) is 15.0 Å². The first-order chi connectivity index (χ1) is 16.0. The van der Waals surface area contributed by atoms with Crippen molar-refractivity contribution < 1.29 is 9.90 Å². The maximum Gasteiger partial charge on any atom is 0.309 e. The Morgan fingerprint density at radius 2 is 1.79 bits per heavy atom. The fourth-order valence-electron chi connectivity index (χ4n) is 5.51. The smallest absolute Gasteiger partial charge is 0.309 e. The molecule has 8 heteroatoms. The number of H-pyrrole nitrogens is 1. The highest BCUT2D eigenvalue weighted by Gasteiger charge is 2.54. The maximum absolute atomic E-state index is 11.9. The van der Waals surface area contributed by atoms with Gasteiger partial charge in [-0.15, -0.1) is 0 Å². The van der Waals surface area contributed by atoms with Gasteiger partial charge in [0.1, 0.15) is 11.5 Å². The van der Waals surface area contributed by atoms with Crippen LogP contribution in [-0.4, -0.2) is 42.0 Å². The Labute approximate surface area is 192 Å². The number of hydrogen-bond acceptors (Lipinski definition) is 6. The molecule has 3 aromatic heterocycles. The molecule has 7 rings (SSSR count). The van der Waals surface area contributed by atoms with Crippen molar-refractivity contribution in [1.82, 2.24) is 24.9 Å². The molecule has 8 nitrogen and oxygen atoms in total. The Kier molecular flexibility index (Phi) is 4.54. The van der Waals surface area contributed by atoms with Gasteiger partial charge in [0.05, 0.1) is 22.5 Å². The number of hydrogen-bond donors (Lipinski definition) is 3. The Bertz CT molecular complexity index is 1210. The quantitative estimate of drug-likeness (QED) is 0.513. The van der Waals surface area contributed by atoms with Crippen LogP contribution in [0.5, 0.6) is 0 Å². The number of fused-ring (bicyclic) bond motifs is 3. The van der Waals surface area contributed by atoms with E-state index in [0.717, 1.165) is 66.4 Å². The summed E-state index contributed by atoms with van der Waals surface area (Å²) in [6.07, 6.45) is 8.72. The summed E-state index contributed by atoms with van der Waals surface area (Å²) in [6.45, 7) is 1.98. The molecule has 4 aliphatic rings. The molecule has 0 spiro atoms. The second-order valence-corrected chi connectivity index (χ2v) is 10.0. The molecule has 33 heavy (non-hydrogen) atoms. The van der Waals surface area contributed by atoms with E-state index in [4.69, 9.17) is 15.0 Å². The molecule has 0 atom stereocenters. The summed E-state index contributed by atoms with van der Waals surface area (Å²) in [5, 5.41) is 13.2. The summed E-state index contributed by atoms with van der Waals surface area (Å²) < 4.78 is 0. The van der Waals surface area contributed by atoms with Crippen molar-refractivity contribution in [2.24, 2.45) is 5.41 Å². The second kappa shape index (κ2) is 7.37. The molecule has 4 fully saturated rings. The number of aromatic nitrogens is 5. The van der Waals surface area contributed by atoms with Gasteiger partial charge < -0.3 is 15.4 Å². The molecule has 0 amide bonds. The minimum Gasteiger partial charge on any atom is -0.481 e. The number of pyridine rings is 1. The van der Waals surface area contributed by atoms with Crippen LogP contribution in [0, 0.1) is 12.3 Å². The molecule has 0 aliphatic heterocycles. The second-order valence-electron chi connectivity index (χ2n) is 10.0. The van der Waals surface area contributed by atoms with E-state index in [0.29, 0.717) is 31.3 Å². The fraction of sp³-hybridized carbons (Fsp3) is 0.480. The molecular weight excluding hydrogens is 416 g/mol. The van der Waals surface area contributed by atoms with Gasteiger partial charge in [-0.3, -0.25) is 9.78 Å². The zero-order valence-corrected chi connectivity index (χ0v) is 18.8. The third-order valence-electron chi connectivity index (χ3n) is 7.86. The molecule has 0 aromatic carbocycles. The molecule has 3 N–H and O–H groups in total. The first-order valence-electron chi connectivity index (χ1n) is 11.8. The van der Waals surface area contributed by atoms with Crippen LogP contribution in [0.25, 0.3) is 22.8 Å². The summed E-state index contributed by atoms with van der Waals surface area (Å²) in [4.78, 5) is 34.5. The molecule has 4 saturated carbocycles. The SMILES string of the molecule is Cc1cccc(-c2nc(C34CCC(C(=O)O)(CC3)CC4)[nH]c2-c2ccnc(NC3CC3)n2)n1. The molecule has 4 aliphatic carbocycles. The van der Waals surface area contributed by atoms with E-state index < -0.39 is 11.4 Å². The number of carbonyl (C=O) groups is 1. The number of aliphatic carboxylic acids is 1. The van der Waals surface area contributed by atoms with Gasteiger partial charge in [-0.1, -0.05) is 6.07 Å². The summed E-state index contributed by atoms with van der Waals surface area (Å²) in [6, 6.07) is 8.33. The van der Waals surface area contributed by atoms with Crippen molar-refractivity contribution >= 4 is 11.9 Å². The topological polar surface area (TPSA) is 117 Å². The number of anilines is 1. The highest BCUT2D eigenvalue weighted by Crippen LogP contribution is 2.57. The Hall–Kier alpha value is -3.29. The van der Waals surface area contributed by atoms with Gasteiger partial charge in [0.2, 0.25) is 5.95 Å². The highest BCUT2D eigenvalue weighted by atomic mass is 16.4. The molecular formula is C25H28N6O2. The van der Waals surface area contributed by atoms with Crippen LogP contribution in [0.4, 0.5) is 5.95 Å². The lowest BCUT2D eigenvalue weighted by molar-refractivity contribution is -0.156. The molecule has 3 heterocycles. The van der Waals surface area contributed by atoms with Gasteiger partial charge in [0.15, 0.2) is 0 Å². The van der Waals surface area contributed by atoms with Gasteiger partial charge in [-0.2, -0.15) is 0 Å². The predicted octanol–water partition coefficient (Wildman–Crippen LogP) is 4.49. The number of imidazole rings is 1. The molecule has 0 unspecified atom stereocenters. The summed E-state index contributed by atoms with van der Waals surface area (Å²) in [7, 11) is 0. The van der Waals surface area contributed by atoms with E-state index in [-0.39, 0.29) is 5.41 Å². The molecule has 170 valence electrons. The molecule has 2 bridgehead atoms. The average Bonchev–Trinajstić information content (AvgIpc) is 3.53. The Morgan fingerprint density at radius 3 is 2.45 bits per heavy atom. The van der Waals surface area contributed by atoms with Crippen LogP contribution >= 0.6 is 0 Å². The average molecular weight is 445 g/mol. The number of rotatable bonds is 6. The number of carboxylic acids is 1. The predicted molar refractivity (Wildman–Crippen MR) is 124 cm³/mol.